The lowest BCUT2D eigenvalue weighted by Gasteiger charge is -2.68. The molecule has 5 aliphatic rings. The monoisotopic (exact) mass is 346 g/mol. The molecule has 2 bridgehead atoms. The van der Waals surface area contributed by atoms with Crippen LogP contribution in [-0.4, -0.2) is 24.3 Å². The van der Waals surface area contributed by atoms with Gasteiger partial charge in [0.25, 0.3) is 0 Å². The van der Waals surface area contributed by atoms with Crippen LogP contribution in [0.4, 0.5) is 0 Å². The summed E-state index contributed by atoms with van der Waals surface area (Å²) < 4.78 is 12.6. The quantitative estimate of drug-likeness (QED) is 0.636. The fraction of sp³-hybridized carbons (Fsp3) is 0.955. The second-order valence-electron chi connectivity index (χ2n) is 10.8. The van der Waals surface area contributed by atoms with E-state index >= 15 is 0 Å². The Morgan fingerprint density at radius 1 is 1.04 bits per heavy atom. The molecule has 0 N–H and O–H groups in total. The van der Waals surface area contributed by atoms with Crippen molar-refractivity contribution in [1.82, 2.24) is 0 Å². The van der Waals surface area contributed by atoms with Crippen LogP contribution in [0.25, 0.3) is 0 Å². The first kappa shape index (κ1) is 16.7. The van der Waals surface area contributed by atoms with E-state index in [0.29, 0.717) is 34.6 Å². The smallest absolute Gasteiger partial charge is 0.163 e. The lowest BCUT2D eigenvalue weighted by atomic mass is 9.39. The van der Waals surface area contributed by atoms with Crippen molar-refractivity contribution in [2.24, 2.45) is 34.0 Å². The van der Waals surface area contributed by atoms with Crippen molar-refractivity contribution in [1.29, 1.82) is 0 Å². The minimum Gasteiger partial charge on any atom is -0.350 e. The fourth-order valence-electron chi connectivity index (χ4n) is 8.33. The van der Waals surface area contributed by atoms with E-state index in [0.717, 1.165) is 31.8 Å². The molecule has 5 rings (SSSR count). The number of Topliss-reactive ketones (excluding diaryl/α,β-unsaturated/α-hetero) is 1. The number of ether oxygens (including phenoxy) is 2. The molecule has 25 heavy (non-hydrogen) atoms. The third kappa shape index (κ3) is 1.98. The molecule has 140 valence electrons. The highest BCUT2D eigenvalue weighted by molar-refractivity contribution is 5.82. The first-order valence-electron chi connectivity index (χ1n) is 10.5. The lowest BCUT2D eigenvalue weighted by molar-refractivity contribution is -0.351. The number of hydrogen-bond donors (Lipinski definition) is 0. The van der Waals surface area contributed by atoms with E-state index in [1.165, 1.54) is 32.1 Å². The van der Waals surface area contributed by atoms with Gasteiger partial charge in [-0.25, -0.2) is 0 Å². The summed E-state index contributed by atoms with van der Waals surface area (Å²) in [6, 6.07) is 0. The molecule has 1 aliphatic heterocycles. The highest BCUT2D eigenvalue weighted by atomic mass is 16.7. The van der Waals surface area contributed by atoms with Gasteiger partial charge >= 0.3 is 0 Å². The van der Waals surface area contributed by atoms with Gasteiger partial charge in [-0.1, -0.05) is 13.8 Å². The summed E-state index contributed by atoms with van der Waals surface area (Å²) in [4.78, 5) is 12.4. The van der Waals surface area contributed by atoms with Crippen molar-refractivity contribution >= 4 is 5.78 Å². The predicted molar refractivity (Wildman–Crippen MR) is 96.0 cm³/mol. The molecule has 4 aliphatic carbocycles. The van der Waals surface area contributed by atoms with Crippen LogP contribution in [0.5, 0.6) is 0 Å². The maximum atomic E-state index is 12.4. The van der Waals surface area contributed by atoms with Crippen molar-refractivity contribution < 1.29 is 14.3 Å². The Hall–Kier alpha value is -0.410. The average molecular weight is 347 g/mol. The van der Waals surface area contributed by atoms with Crippen LogP contribution in [-0.2, 0) is 14.3 Å². The first-order valence-corrected chi connectivity index (χ1v) is 10.5. The maximum absolute atomic E-state index is 12.4. The van der Waals surface area contributed by atoms with Crippen LogP contribution in [0.3, 0.4) is 0 Å². The van der Waals surface area contributed by atoms with Gasteiger partial charge in [0.1, 0.15) is 5.78 Å². The molecule has 0 radical (unpaired) electrons. The molecule has 1 unspecified atom stereocenters. The Balaban J connectivity index is 1.53. The lowest BCUT2D eigenvalue weighted by Crippen LogP contribution is -2.66. The molecule has 0 aromatic rings. The number of fused-ring (bicyclic) bond motifs is 4. The Bertz CT molecular complexity index is 612. The summed E-state index contributed by atoms with van der Waals surface area (Å²) in [5.74, 6) is 1.94. The Morgan fingerprint density at radius 2 is 1.84 bits per heavy atom. The zero-order valence-corrected chi connectivity index (χ0v) is 16.4. The van der Waals surface area contributed by atoms with Crippen LogP contribution in [0.15, 0.2) is 0 Å². The van der Waals surface area contributed by atoms with Crippen molar-refractivity contribution in [3.63, 3.8) is 0 Å². The van der Waals surface area contributed by atoms with Crippen molar-refractivity contribution in [2.45, 2.75) is 91.0 Å². The van der Waals surface area contributed by atoms with Crippen LogP contribution in [0.1, 0.15) is 79.1 Å². The van der Waals surface area contributed by atoms with Crippen LogP contribution < -0.4 is 0 Å². The minimum absolute atomic E-state index is 0.127. The molecule has 0 aromatic heterocycles. The number of hydrogen-bond acceptors (Lipinski definition) is 3. The van der Waals surface area contributed by atoms with Crippen molar-refractivity contribution in [3.8, 4) is 0 Å². The highest BCUT2D eigenvalue weighted by Gasteiger charge is 2.69. The molecule has 1 spiro atoms. The van der Waals surface area contributed by atoms with E-state index in [4.69, 9.17) is 9.47 Å². The van der Waals surface area contributed by atoms with Gasteiger partial charge in [0.2, 0.25) is 0 Å². The molecule has 7 atom stereocenters. The molecular weight excluding hydrogens is 312 g/mol. The SMILES string of the molecule is CC1(C)OC[C@]2(C)C(CC[C@@]3(C)[C@H]2CC[C@H]2C[C@@H]4C[C@@]23CCC4=O)O1. The summed E-state index contributed by atoms with van der Waals surface area (Å²) in [6.45, 7) is 9.97. The standard InChI is InChI=1S/C22H34O3/c1-19(2)24-13-20(3)17-6-5-15-11-14-12-22(15,10-7-16(14)23)21(17,4)9-8-18(20)25-19/h14-15,17-18H,5-13H2,1-4H3/t14-,15+,17+,18?,20+,21+,22+/m1/s1. The molecular formula is C22H34O3. The molecule has 0 amide bonds. The summed E-state index contributed by atoms with van der Waals surface area (Å²) in [6.07, 6.45) is 9.70. The van der Waals surface area contributed by atoms with E-state index < -0.39 is 5.79 Å². The largest absolute Gasteiger partial charge is 0.350 e. The molecule has 1 saturated heterocycles. The van der Waals surface area contributed by atoms with Gasteiger partial charge in [-0.15, -0.1) is 0 Å². The second-order valence-corrected chi connectivity index (χ2v) is 10.8. The summed E-state index contributed by atoms with van der Waals surface area (Å²) in [5, 5.41) is 0. The van der Waals surface area contributed by atoms with Crippen LogP contribution >= 0.6 is 0 Å². The van der Waals surface area contributed by atoms with Gasteiger partial charge in [0, 0.05) is 17.8 Å². The number of ketones is 1. The van der Waals surface area contributed by atoms with Gasteiger partial charge in [-0.3, -0.25) is 4.79 Å². The van der Waals surface area contributed by atoms with Crippen LogP contribution in [0, 0.1) is 34.0 Å². The summed E-state index contributed by atoms with van der Waals surface area (Å²) in [5.41, 5.74) is 0.891. The van der Waals surface area contributed by atoms with Gasteiger partial charge in [0.05, 0.1) is 12.7 Å². The van der Waals surface area contributed by atoms with E-state index in [1.54, 1.807) is 0 Å². The Kier molecular flexibility index (Phi) is 3.28. The normalized spacial score (nSPS) is 56.7. The zero-order chi connectivity index (χ0) is 17.7. The van der Waals surface area contributed by atoms with E-state index in [-0.39, 0.29) is 5.41 Å². The van der Waals surface area contributed by atoms with Gasteiger partial charge in [-0.05, 0) is 81.5 Å². The molecule has 0 aromatic carbocycles. The second kappa shape index (κ2) is 4.90. The minimum atomic E-state index is -0.441. The van der Waals surface area contributed by atoms with Gasteiger partial charge < -0.3 is 9.47 Å². The molecule has 3 nitrogen and oxygen atoms in total. The predicted octanol–water partition coefficient (Wildman–Crippen LogP) is 4.73. The Labute approximate surface area is 152 Å². The summed E-state index contributed by atoms with van der Waals surface area (Å²) >= 11 is 0. The first-order chi connectivity index (χ1) is 11.7. The zero-order valence-electron chi connectivity index (χ0n) is 16.4. The van der Waals surface area contributed by atoms with Crippen molar-refractivity contribution in [3.05, 3.63) is 0 Å². The van der Waals surface area contributed by atoms with Gasteiger partial charge in [-0.2, -0.15) is 0 Å². The number of carbonyl (C=O) groups excluding carboxylic acids is 1. The summed E-state index contributed by atoms with van der Waals surface area (Å²) in [7, 11) is 0. The van der Waals surface area contributed by atoms with Crippen molar-refractivity contribution in [2.75, 3.05) is 6.61 Å². The highest BCUT2D eigenvalue weighted by Crippen LogP contribution is 2.74. The average Bonchev–Trinajstić information content (AvgIpc) is 2.88. The van der Waals surface area contributed by atoms with Gasteiger partial charge in [0.15, 0.2) is 5.79 Å². The molecule has 5 fully saturated rings. The fourth-order valence-corrected chi connectivity index (χ4v) is 8.33. The van der Waals surface area contributed by atoms with E-state index in [1.807, 2.05) is 0 Å². The Morgan fingerprint density at radius 3 is 2.64 bits per heavy atom. The number of rotatable bonds is 0. The third-order valence-corrected chi connectivity index (χ3v) is 9.56. The number of carbonyl (C=O) groups is 1. The van der Waals surface area contributed by atoms with E-state index in [9.17, 15) is 4.79 Å². The topological polar surface area (TPSA) is 35.5 Å². The van der Waals surface area contributed by atoms with Crippen LogP contribution in [0.2, 0.25) is 0 Å². The third-order valence-electron chi connectivity index (χ3n) is 9.56. The maximum Gasteiger partial charge on any atom is 0.163 e. The molecule has 3 heteroatoms. The molecule has 1 heterocycles. The van der Waals surface area contributed by atoms with E-state index in [2.05, 4.69) is 27.7 Å². The molecule has 4 saturated carbocycles.